The molecule has 258 valence electrons. The van der Waals surface area contributed by atoms with E-state index in [1.165, 1.54) is 36.9 Å². The fraction of sp³-hybridized carbons (Fsp3) is 0.538. The topological polar surface area (TPSA) is 92.9 Å². The van der Waals surface area contributed by atoms with Crippen molar-refractivity contribution in [3.63, 3.8) is 0 Å². The number of fused-ring (bicyclic) bond motifs is 2. The number of nitrogens with one attached hydrogen (secondary N) is 2. The van der Waals surface area contributed by atoms with E-state index in [0.717, 1.165) is 62.7 Å². The lowest BCUT2D eigenvalue weighted by molar-refractivity contribution is 0.235. The van der Waals surface area contributed by atoms with Crippen LogP contribution in [-0.2, 0) is 13.0 Å². The van der Waals surface area contributed by atoms with Crippen LogP contribution in [0.25, 0.3) is 16.9 Å². The molecule has 1 saturated heterocycles. The van der Waals surface area contributed by atoms with Crippen LogP contribution in [0.15, 0.2) is 60.0 Å². The number of pyridine rings is 1. The van der Waals surface area contributed by atoms with E-state index in [1.807, 2.05) is 24.6 Å². The Labute approximate surface area is 286 Å². The zero-order valence-corrected chi connectivity index (χ0v) is 30.1. The highest BCUT2D eigenvalue weighted by molar-refractivity contribution is 5.77. The highest BCUT2D eigenvalue weighted by atomic mass is 16.1. The third kappa shape index (κ3) is 7.67. The molecule has 2 aliphatic rings. The minimum atomic E-state index is -0.153. The summed E-state index contributed by atoms with van der Waals surface area (Å²) in [5.41, 5.74) is 5.30. The van der Waals surface area contributed by atoms with E-state index in [0.29, 0.717) is 40.7 Å². The van der Waals surface area contributed by atoms with E-state index >= 15 is 0 Å². The summed E-state index contributed by atoms with van der Waals surface area (Å²) >= 11 is 0. The fourth-order valence-electron chi connectivity index (χ4n) is 6.96. The molecule has 1 aromatic carbocycles. The molecule has 9 heteroatoms. The van der Waals surface area contributed by atoms with Crippen LogP contribution in [0.2, 0.25) is 0 Å². The SMILES string of the molecule is C=CCn1c(=O)c2cnc(Nc3ccc(N4CCC(C)(CNCCC(C)CC)CC4)cc3)nc2n1-c1ccc2c(n1)C(CC)CC2.CC. The first-order valence-corrected chi connectivity index (χ1v) is 18.2. The molecular weight excluding hydrogens is 596 g/mol. The molecule has 0 amide bonds. The average molecular weight is 653 g/mol. The van der Waals surface area contributed by atoms with Gasteiger partial charge in [-0.25, -0.2) is 19.3 Å². The van der Waals surface area contributed by atoms with Gasteiger partial charge in [0.05, 0.1) is 6.54 Å². The quantitative estimate of drug-likeness (QED) is 0.112. The summed E-state index contributed by atoms with van der Waals surface area (Å²) < 4.78 is 3.47. The van der Waals surface area contributed by atoms with E-state index in [-0.39, 0.29) is 5.56 Å². The third-order valence-electron chi connectivity index (χ3n) is 10.4. The second-order valence-corrected chi connectivity index (χ2v) is 13.7. The molecule has 0 radical (unpaired) electrons. The lowest BCUT2D eigenvalue weighted by atomic mass is 9.80. The van der Waals surface area contributed by atoms with Crippen molar-refractivity contribution in [3.8, 4) is 5.82 Å². The van der Waals surface area contributed by atoms with E-state index in [1.54, 1.807) is 17.0 Å². The molecule has 1 fully saturated rings. The van der Waals surface area contributed by atoms with Gasteiger partial charge in [0.2, 0.25) is 5.95 Å². The van der Waals surface area contributed by atoms with Crippen LogP contribution in [0.5, 0.6) is 0 Å². The van der Waals surface area contributed by atoms with Crippen LogP contribution in [0.1, 0.15) is 97.2 Å². The lowest BCUT2D eigenvalue weighted by Gasteiger charge is -2.40. The van der Waals surface area contributed by atoms with Gasteiger partial charge in [0, 0.05) is 48.8 Å². The summed E-state index contributed by atoms with van der Waals surface area (Å²) in [6.07, 6.45) is 11.4. The first kappa shape index (κ1) is 35.3. The van der Waals surface area contributed by atoms with Crippen LogP contribution < -0.4 is 21.1 Å². The monoisotopic (exact) mass is 652 g/mol. The minimum Gasteiger partial charge on any atom is -0.371 e. The van der Waals surface area contributed by atoms with Gasteiger partial charge in [0.15, 0.2) is 11.5 Å². The molecule has 0 bridgehead atoms. The Kier molecular flexibility index (Phi) is 11.7. The number of hydrogen-bond donors (Lipinski definition) is 2. The molecule has 1 aliphatic heterocycles. The Morgan fingerprint density at radius 1 is 1.08 bits per heavy atom. The number of benzene rings is 1. The number of hydrogen-bond acceptors (Lipinski definition) is 7. The van der Waals surface area contributed by atoms with Crippen molar-refractivity contribution < 1.29 is 0 Å². The molecule has 1 aliphatic carbocycles. The molecule has 48 heavy (non-hydrogen) atoms. The van der Waals surface area contributed by atoms with Gasteiger partial charge >= 0.3 is 0 Å². The zero-order chi connectivity index (χ0) is 34.3. The predicted octanol–water partition coefficient (Wildman–Crippen LogP) is 8.01. The van der Waals surface area contributed by atoms with Crippen LogP contribution in [0.4, 0.5) is 17.3 Å². The second-order valence-electron chi connectivity index (χ2n) is 13.7. The summed E-state index contributed by atoms with van der Waals surface area (Å²) in [4.78, 5) is 30.3. The van der Waals surface area contributed by atoms with Gasteiger partial charge in [-0.3, -0.25) is 4.79 Å². The smallest absolute Gasteiger partial charge is 0.278 e. The number of allylic oxidation sites excluding steroid dienone is 1. The van der Waals surface area contributed by atoms with Crippen molar-refractivity contribution in [1.82, 2.24) is 29.6 Å². The molecule has 4 heterocycles. The normalized spacial score (nSPS) is 17.5. The van der Waals surface area contributed by atoms with Gasteiger partial charge in [0.1, 0.15) is 5.39 Å². The summed E-state index contributed by atoms with van der Waals surface area (Å²) in [5, 5.41) is 7.55. The third-order valence-corrected chi connectivity index (χ3v) is 10.4. The van der Waals surface area contributed by atoms with Crippen molar-refractivity contribution >= 4 is 28.4 Å². The molecule has 9 nitrogen and oxygen atoms in total. The second kappa shape index (κ2) is 15.9. The van der Waals surface area contributed by atoms with Crippen molar-refractivity contribution in [2.45, 2.75) is 99.0 Å². The van der Waals surface area contributed by atoms with Crippen molar-refractivity contribution in [3.05, 3.63) is 76.9 Å². The molecule has 4 aromatic rings. The summed E-state index contributed by atoms with van der Waals surface area (Å²) in [6, 6.07) is 12.6. The van der Waals surface area contributed by atoms with Gasteiger partial charge in [0.25, 0.3) is 5.56 Å². The molecule has 0 spiro atoms. The first-order valence-electron chi connectivity index (χ1n) is 18.2. The van der Waals surface area contributed by atoms with Crippen LogP contribution in [-0.4, -0.2) is 50.5 Å². The number of piperidine rings is 1. The molecule has 0 saturated carbocycles. The molecule has 6 rings (SSSR count). The predicted molar refractivity (Wildman–Crippen MR) is 200 cm³/mol. The maximum Gasteiger partial charge on any atom is 0.278 e. The number of aromatic nitrogens is 5. The molecule has 2 N–H and O–H groups in total. The molecule has 2 atom stereocenters. The largest absolute Gasteiger partial charge is 0.371 e. The van der Waals surface area contributed by atoms with Gasteiger partial charge in [-0.1, -0.05) is 60.1 Å². The highest BCUT2D eigenvalue weighted by Gasteiger charge is 2.30. The van der Waals surface area contributed by atoms with E-state index in [9.17, 15) is 4.79 Å². The molecular formula is C39H56N8O. The van der Waals surface area contributed by atoms with Crippen molar-refractivity contribution in [1.29, 1.82) is 0 Å². The van der Waals surface area contributed by atoms with Crippen molar-refractivity contribution in [2.75, 3.05) is 36.4 Å². The van der Waals surface area contributed by atoms with Gasteiger partial charge in [-0.2, -0.15) is 4.98 Å². The van der Waals surface area contributed by atoms with Crippen LogP contribution in [0, 0.1) is 11.3 Å². The Morgan fingerprint density at radius 2 is 1.83 bits per heavy atom. The number of anilines is 3. The minimum absolute atomic E-state index is 0.153. The van der Waals surface area contributed by atoms with Crippen LogP contribution >= 0.6 is 0 Å². The van der Waals surface area contributed by atoms with Gasteiger partial charge in [-0.15, -0.1) is 6.58 Å². The summed E-state index contributed by atoms with van der Waals surface area (Å²) in [6.45, 7) is 21.8. The number of aryl methyl sites for hydroxylation is 1. The van der Waals surface area contributed by atoms with Crippen LogP contribution in [0.3, 0.4) is 0 Å². The maximum absolute atomic E-state index is 13.4. The number of rotatable bonds is 13. The number of nitrogens with zero attached hydrogens (tertiary/aromatic N) is 6. The Hall–Kier alpha value is -3.98. The molecule has 3 aromatic heterocycles. The van der Waals surface area contributed by atoms with E-state index in [2.05, 4.69) is 85.1 Å². The van der Waals surface area contributed by atoms with Crippen molar-refractivity contribution in [2.24, 2.45) is 11.3 Å². The van der Waals surface area contributed by atoms with E-state index < -0.39 is 0 Å². The van der Waals surface area contributed by atoms with Gasteiger partial charge in [-0.05, 0) is 92.3 Å². The molecule has 2 unspecified atom stereocenters. The Balaban J connectivity index is 0.00000221. The Morgan fingerprint density at radius 3 is 2.52 bits per heavy atom. The summed E-state index contributed by atoms with van der Waals surface area (Å²) in [5.74, 6) is 2.37. The zero-order valence-electron chi connectivity index (χ0n) is 30.1. The highest BCUT2D eigenvalue weighted by Crippen LogP contribution is 2.35. The first-order chi connectivity index (χ1) is 23.3. The Bertz CT molecular complexity index is 1710. The van der Waals surface area contributed by atoms with E-state index in [4.69, 9.17) is 9.97 Å². The fourth-order valence-corrected chi connectivity index (χ4v) is 6.96. The lowest BCUT2D eigenvalue weighted by Crippen LogP contribution is -2.43. The average Bonchev–Trinajstić information content (AvgIpc) is 3.65. The maximum atomic E-state index is 13.4. The van der Waals surface area contributed by atoms with Gasteiger partial charge < -0.3 is 15.5 Å². The standard InChI is InChI=1S/C37H50N8O.C2H6/c1-6-21-44-35(46)31-24-39-36(42-34(31)45(44)32-16-11-28-10-9-27(8-3)33(28)41-32)40-29-12-14-30(15-13-29)43-22-18-37(5,19-23-43)25-38-20-17-26(4)7-2;1-2/h6,11-16,24,26-27,38H,1,7-10,17-23,25H2,2-5H3,(H,39,40,42);1-2H3. The summed E-state index contributed by atoms with van der Waals surface area (Å²) in [7, 11) is 0.